The predicted octanol–water partition coefficient (Wildman–Crippen LogP) is 5.66. The van der Waals surface area contributed by atoms with Crippen molar-refractivity contribution < 1.29 is 9.53 Å². The van der Waals surface area contributed by atoms with E-state index in [1.54, 1.807) is 0 Å². The molecule has 1 amide bonds. The van der Waals surface area contributed by atoms with Gasteiger partial charge in [-0.05, 0) is 57.9 Å². The van der Waals surface area contributed by atoms with E-state index in [0.29, 0.717) is 11.7 Å². The number of ether oxygens (including phenoxy) is 1. The number of nitrogens with zero attached hydrogens (tertiary/aromatic N) is 1. The van der Waals surface area contributed by atoms with Gasteiger partial charge in [0.2, 0.25) is 0 Å². The van der Waals surface area contributed by atoms with Crippen molar-refractivity contribution in [3.63, 3.8) is 0 Å². The lowest BCUT2D eigenvalue weighted by Gasteiger charge is -2.11. The molecule has 0 radical (unpaired) electrons. The summed E-state index contributed by atoms with van der Waals surface area (Å²) in [5.74, 6) is 0.806. The Labute approximate surface area is 170 Å². The maximum Gasteiger partial charge on any atom is 0.277 e. The fourth-order valence-corrected chi connectivity index (χ4v) is 3.05. The number of amides is 1. The van der Waals surface area contributed by atoms with Crippen molar-refractivity contribution in [1.82, 2.24) is 5.43 Å². The largest absolute Gasteiger partial charge is 0.483 e. The molecule has 0 aromatic heterocycles. The van der Waals surface area contributed by atoms with Gasteiger partial charge in [0, 0.05) is 0 Å². The zero-order valence-electron chi connectivity index (χ0n) is 16.2. The van der Waals surface area contributed by atoms with E-state index in [2.05, 4.69) is 47.2 Å². The van der Waals surface area contributed by atoms with Crippen LogP contribution >= 0.6 is 15.9 Å². The van der Waals surface area contributed by atoms with Crippen LogP contribution in [0, 0.1) is 0 Å². The predicted molar refractivity (Wildman–Crippen MR) is 114 cm³/mol. The van der Waals surface area contributed by atoms with E-state index in [9.17, 15) is 4.79 Å². The Hall–Kier alpha value is -2.14. The number of hydrazone groups is 1. The summed E-state index contributed by atoms with van der Waals surface area (Å²) >= 11 is 3.50. The van der Waals surface area contributed by atoms with Crippen molar-refractivity contribution in [1.29, 1.82) is 0 Å². The minimum absolute atomic E-state index is 0.0844. The van der Waals surface area contributed by atoms with Crippen LogP contribution in [0.25, 0.3) is 0 Å². The first-order valence-corrected chi connectivity index (χ1v) is 10.1. The maximum absolute atomic E-state index is 12.2. The second-order valence-electron chi connectivity index (χ2n) is 6.70. The summed E-state index contributed by atoms with van der Waals surface area (Å²) in [6.45, 7) is 6.32. The molecule has 2 aromatic carbocycles. The number of carbonyl (C=O) groups is 1. The summed E-state index contributed by atoms with van der Waals surface area (Å²) in [5.41, 5.74) is 5.74. The maximum atomic E-state index is 12.2. The van der Waals surface area contributed by atoms with E-state index in [1.807, 2.05) is 48.5 Å². The van der Waals surface area contributed by atoms with Gasteiger partial charge in [-0.1, -0.05) is 63.6 Å². The van der Waals surface area contributed by atoms with E-state index in [1.165, 1.54) is 5.56 Å². The number of hydrogen-bond donors (Lipinski definition) is 1. The Morgan fingerprint density at radius 2 is 1.93 bits per heavy atom. The molecule has 5 heteroatoms. The summed E-state index contributed by atoms with van der Waals surface area (Å²) in [6.07, 6.45) is 2.92. The zero-order valence-corrected chi connectivity index (χ0v) is 17.8. The third-order valence-electron chi connectivity index (χ3n) is 4.17. The average molecular weight is 431 g/mol. The molecule has 2 rings (SSSR count). The van der Waals surface area contributed by atoms with E-state index in [-0.39, 0.29) is 12.5 Å². The average Bonchev–Trinajstić information content (AvgIpc) is 2.67. The van der Waals surface area contributed by atoms with Crippen LogP contribution in [0.1, 0.15) is 57.1 Å². The summed E-state index contributed by atoms with van der Waals surface area (Å²) in [7, 11) is 0. The number of carbonyl (C=O) groups excluding carboxylic acids is 1. The summed E-state index contributed by atoms with van der Waals surface area (Å²) in [6, 6.07) is 15.8. The second kappa shape index (κ2) is 10.9. The monoisotopic (exact) mass is 430 g/mol. The van der Waals surface area contributed by atoms with Gasteiger partial charge < -0.3 is 4.74 Å². The Kier molecular flexibility index (Phi) is 8.52. The molecular weight excluding hydrogens is 404 g/mol. The first-order valence-electron chi connectivity index (χ1n) is 9.34. The molecule has 0 atom stereocenters. The van der Waals surface area contributed by atoms with Crippen molar-refractivity contribution in [2.45, 2.75) is 46.0 Å². The molecule has 27 heavy (non-hydrogen) atoms. The van der Waals surface area contributed by atoms with E-state index in [4.69, 9.17) is 4.74 Å². The molecule has 0 aliphatic carbocycles. The van der Waals surface area contributed by atoms with Gasteiger partial charge in [0.15, 0.2) is 6.61 Å². The second-order valence-corrected chi connectivity index (χ2v) is 7.55. The molecule has 144 valence electrons. The van der Waals surface area contributed by atoms with Gasteiger partial charge in [0.25, 0.3) is 5.91 Å². The molecule has 0 saturated carbocycles. The van der Waals surface area contributed by atoms with Crippen LogP contribution in [-0.4, -0.2) is 18.2 Å². The molecule has 0 fully saturated rings. The summed E-state index contributed by atoms with van der Waals surface area (Å²) < 4.78 is 6.47. The molecule has 0 heterocycles. The van der Waals surface area contributed by atoms with Crippen molar-refractivity contribution in [3.05, 3.63) is 64.1 Å². The quantitative estimate of drug-likeness (QED) is 0.411. The van der Waals surface area contributed by atoms with Crippen LogP contribution in [0.5, 0.6) is 5.75 Å². The molecule has 1 N–H and O–H groups in total. The SMILES string of the molecule is CCCC/C(=N/NC(=O)COc1ccc(C(C)C)cc1Br)c1ccccc1. The molecule has 0 aliphatic heterocycles. The number of hydrogen-bond acceptors (Lipinski definition) is 3. The molecule has 4 nitrogen and oxygen atoms in total. The van der Waals surface area contributed by atoms with Crippen molar-refractivity contribution in [3.8, 4) is 5.75 Å². The molecule has 0 unspecified atom stereocenters. The highest BCUT2D eigenvalue weighted by atomic mass is 79.9. The Balaban J connectivity index is 1.96. The number of unbranched alkanes of at least 4 members (excludes halogenated alkanes) is 1. The van der Waals surface area contributed by atoms with Gasteiger partial charge >= 0.3 is 0 Å². The molecule has 0 saturated heterocycles. The third-order valence-corrected chi connectivity index (χ3v) is 4.79. The minimum atomic E-state index is -0.278. The lowest BCUT2D eigenvalue weighted by molar-refractivity contribution is -0.123. The third kappa shape index (κ3) is 6.83. The van der Waals surface area contributed by atoms with Crippen LogP contribution in [0.15, 0.2) is 58.1 Å². The summed E-state index contributed by atoms with van der Waals surface area (Å²) in [5, 5.41) is 4.33. The topological polar surface area (TPSA) is 50.7 Å². The summed E-state index contributed by atoms with van der Waals surface area (Å²) in [4.78, 5) is 12.2. The van der Waals surface area contributed by atoms with E-state index >= 15 is 0 Å². The highest BCUT2D eigenvalue weighted by Gasteiger charge is 2.09. The first-order chi connectivity index (χ1) is 13.0. The van der Waals surface area contributed by atoms with Gasteiger partial charge in [-0.2, -0.15) is 5.10 Å². The smallest absolute Gasteiger partial charge is 0.277 e. The number of halogens is 1. The van der Waals surface area contributed by atoms with Crippen molar-refractivity contribution >= 4 is 27.5 Å². The van der Waals surface area contributed by atoms with Crippen LogP contribution in [0.3, 0.4) is 0 Å². The Morgan fingerprint density at radius 3 is 2.56 bits per heavy atom. The van der Waals surface area contributed by atoms with Crippen molar-refractivity contribution in [2.24, 2.45) is 5.10 Å². The van der Waals surface area contributed by atoms with Crippen LogP contribution in [-0.2, 0) is 4.79 Å². The van der Waals surface area contributed by atoms with E-state index < -0.39 is 0 Å². The normalized spacial score (nSPS) is 11.5. The van der Waals surface area contributed by atoms with Gasteiger partial charge in [0.1, 0.15) is 5.75 Å². The van der Waals surface area contributed by atoms with Crippen LogP contribution < -0.4 is 10.2 Å². The zero-order chi connectivity index (χ0) is 19.6. The highest BCUT2D eigenvalue weighted by molar-refractivity contribution is 9.10. The molecular formula is C22H27BrN2O2. The first kappa shape index (κ1) is 21.2. The lowest BCUT2D eigenvalue weighted by atomic mass is 10.0. The highest BCUT2D eigenvalue weighted by Crippen LogP contribution is 2.28. The van der Waals surface area contributed by atoms with Gasteiger partial charge in [-0.15, -0.1) is 0 Å². The fourth-order valence-electron chi connectivity index (χ4n) is 2.54. The lowest BCUT2D eigenvalue weighted by Crippen LogP contribution is -2.26. The number of rotatable bonds is 9. The fraction of sp³-hybridized carbons (Fsp3) is 0.364. The molecule has 0 bridgehead atoms. The van der Waals surface area contributed by atoms with Gasteiger partial charge in [-0.25, -0.2) is 5.43 Å². The standard InChI is InChI=1S/C22H27BrN2O2/c1-4-5-11-20(17-9-7-6-8-10-17)24-25-22(26)15-27-21-13-12-18(16(2)3)14-19(21)23/h6-10,12-14,16H,4-5,11,15H2,1-3H3,(H,25,26)/b24-20-. The number of nitrogens with one attached hydrogen (secondary N) is 1. The van der Waals surface area contributed by atoms with E-state index in [0.717, 1.165) is 35.0 Å². The Bertz CT molecular complexity index is 773. The minimum Gasteiger partial charge on any atom is -0.483 e. The van der Waals surface area contributed by atoms with Crippen LogP contribution in [0.2, 0.25) is 0 Å². The van der Waals surface area contributed by atoms with Gasteiger partial charge in [0.05, 0.1) is 10.2 Å². The molecule has 0 aliphatic rings. The van der Waals surface area contributed by atoms with Crippen LogP contribution in [0.4, 0.5) is 0 Å². The Morgan fingerprint density at radius 1 is 1.19 bits per heavy atom. The number of benzene rings is 2. The molecule has 2 aromatic rings. The molecule has 0 spiro atoms. The van der Waals surface area contributed by atoms with Crippen molar-refractivity contribution in [2.75, 3.05) is 6.61 Å². The van der Waals surface area contributed by atoms with Gasteiger partial charge in [-0.3, -0.25) is 4.79 Å².